The zero-order valence-electron chi connectivity index (χ0n) is 10.7. The maximum Gasteiger partial charge on any atom is 0.266 e. The van der Waals surface area contributed by atoms with E-state index in [1.54, 1.807) is 12.3 Å². The number of rotatable bonds is 2. The van der Waals surface area contributed by atoms with E-state index in [1.165, 1.54) is 17.1 Å². The van der Waals surface area contributed by atoms with Crippen LogP contribution in [0.1, 0.15) is 10.4 Å². The summed E-state index contributed by atoms with van der Waals surface area (Å²) < 4.78 is 1.36. The van der Waals surface area contributed by atoms with Gasteiger partial charge in [0, 0.05) is 17.3 Å². The van der Waals surface area contributed by atoms with Crippen LogP contribution in [0.5, 0.6) is 0 Å². The largest absolute Gasteiger partial charge is 0.272 e. The Kier molecular flexibility index (Phi) is 3.90. The van der Waals surface area contributed by atoms with Gasteiger partial charge < -0.3 is 0 Å². The highest BCUT2D eigenvalue weighted by Crippen LogP contribution is 2.49. The molecule has 0 aliphatic heterocycles. The Morgan fingerprint density at radius 1 is 1.26 bits per heavy atom. The molecule has 0 radical (unpaired) electrons. The van der Waals surface area contributed by atoms with Crippen molar-refractivity contribution in [3.05, 3.63) is 40.7 Å². The molecule has 0 bridgehead atoms. The molecule has 2 heterocycles. The number of hydrogen-bond acceptors (Lipinski definition) is 3. The Morgan fingerprint density at radius 3 is 2.47 bits per heavy atom. The second-order valence-electron chi connectivity index (χ2n) is 4.73. The molecule has 2 aromatic rings. The topological polar surface area (TPSA) is 47.8 Å². The number of hydrogen-bond donors (Lipinski definition) is 0. The Hall–Kier alpha value is -1.04. The maximum atomic E-state index is 12.3. The van der Waals surface area contributed by atoms with Gasteiger partial charge in [0.25, 0.3) is 5.91 Å². The van der Waals surface area contributed by atoms with Gasteiger partial charge in [-0.1, -0.05) is 23.2 Å². The summed E-state index contributed by atoms with van der Waals surface area (Å²) in [5.74, 6) is -0.267. The van der Waals surface area contributed by atoms with Crippen LogP contribution in [0, 0.1) is 0 Å². The van der Waals surface area contributed by atoms with Crippen LogP contribution in [-0.4, -0.2) is 39.2 Å². The average Bonchev–Trinajstić information content (AvgIpc) is 2.79. The molecule has 0 unspecified atom stereocenters. The normalized spacial score (nSPS) is 12.5. The van der Waals surface area contributed by atoms with Gasteiger partial charge in [-0.15, -0.1) is 0 Å². The van der Waals surface area contributed by atoms with Crippen LogP contribution in [0.2, 0.25) is 10.3 Å². The first-order chi connectivity index (χ1) is 8.80. The minimum Gasteiger partial charge on any atom is -0.272 e. The van der Waals surface area contributed by atoms with Crippen LogP contribution in [0.25, 0.3) is 0 Å². The van der Waals surface area contributed by atoms with E-state index in [1.807, 2.05) is 0 Å². The number of carbonyl (C=O) groups is 1. The Balaban J connectivity index is 2.56. The quantitative estimate of drug-likeness (QED) is 0.798. The highest BCUT2D eigenvalue weighted by Gasteiger charge is 2.21. The third-order valence-electron chi connectivity index (χ3n) is 2.53. The number of aromatic nitrogens is 3. The lowest BCUT2D eigenvalue weighted by Crippen LogP contribution is -2.12. The van der Waals surface area contributed by atoms with Gasteiger partial charge in [-0.05, 0) is 24.8 Å². The van der Waals surface area contributed by atoms with Gasteiger partial charge in [-0.2, -0.15) is 0 Å². The van der Waals surface area contributed by atoms with Crippen LogP contribution in [-0.2, 0) is 0 Å². The lowest BCUT2D eigenvalue weighted by molar-refractivity contribution is 0.0959. The molecule has 0 aliphatic rings. The van der Waals surface area contributed by atoms with Gasteiger partial charge >= 0.3 is 0 Å². The van der Waals surface area contributed by atoms with E-state index >= 15 is 0 Å². The molecule has 0 atom stereocenters. The smallest absolute Gasteiger partial charge is 0.266 e. The number of nitrogens with zero attached hydrogens (tertiary/aromatic N) is 3. The number of imidazole rings is 1. The van der Waals surface area contributed by atoms with Crippen LogP contribution < -0.4 is 0 Å². The first-order valence-electron chi connectivity index (χ1n) is 5.38. The second kappa shape index (κ2) is 5.15. The molecule has 2 rings (SSSR count). The standard InChI is InChI=1S/C12H13Cl2N3OS/c1-19(2,3)9-6-8(10(13)16-11(9)14)12(18)17-5-4-15-7-17/h4-7H,1-3H3. The summed E-state index contributed by atoms with van der Waals surface area (Å²) in [6, 6.07) is 1.73. The highest BCUT2D eigenvalue weighted by molar-refractivity contribution is 8.32. The highest BCUT2D eigenvalue weighted by atomic mass is 35.5. The molecule has 4 nitrogen and oxygen atoms in total. The molecule has 0 N–H and O–H groups in total. The zero-order valence-corrected chi connectivity index (χ0v) is 13.1. The van der Waals surface area contributed by atoms with Gasteiger partial charge in [0.05, 0.1) is 5.56 Å². The summed E-state index contributed by atoms with van der Waals surface area (Å²) in [5.41, 5.74) is 0.335. The van der Waals surface area contributed by atoms with E-state index in [4.69, 9.17) is 23.2 Å². The minimum absolute atomic E-state index is 0.108. The molecule has 0 aliphatic carbocycles. The molecular formula is C12H13Cl2N3OS. The molecule has 0 amide bonds. The molecule has 0 aromatic carbocycles. The third-order valence-corrected chi connectivity index (χ3v) is 4.85. The number of halogens is 2. The molecule has 7 heteroatoms. The fourth-order valence-electron chi connectivity index (χ4n) is 1.55. The van der Waals surface area contributed by atoms with Gasteiger partial charge in [0.15, 0.2) is 0 Å². The van der Waals surface area contributed by atoms with Crippen molar-refractivity contribution in [1.82, 2.24) is 14.5 Å². The number of carbonyl (C=O) groups excluding carboxylic acids is 1. The van der Waals surface area contributed by atoms with Crippen LogP contribution in [0.3, 0.4) is 0 Å². The molecule has 2 aromatic heterocycles. The number of pyridine rings is 1. The molecular weight excluding hydrogens is 305 g/mol. The Morgan fingerprint density at radius 2 is 1.95 bits per heavy atom. The lowest BCUT2D eigenvalue weighted by atomic mass is 10.2. The Bertz CT molecular complexity index is 621. The van der Waals surface area contributed by atoms with Crippen molar-refractivity contribution in [2.75, 3.05) is 18.8 Å². The van der Waals surface area contributed by atoms with Gasteiger partial charge in [0.2, 0.25) is 0 Å². The molecule has 0 spiro atoms. The first-order valence-corrected chi connectivity index (χ1v) is 8.99. The summed E-state index contributed by atoms with van der Waals surface area (Å²) in [5, 5.41) is 0.464. The van der Waals surface area contributed by atoms with Crippen molar-refractivity contribution in [2.24, 2.45) is 0 Å². The third kappa shape index (κ3) is 2.94. The molecule has 102 valence electrons. The first kappa shape index (κ1) is 14.4. The van der Waals surface area contributed by atoms with Crippen LogP contribution in [0.4, 0.5) is 0 Å². The predicted molar refractivity (Wildman–Crippen MR) is 79.8 cm³/mol. The van der Waals surface area contributed by atoms with E-state index in [0.29, 0.717) is 10.7 Å². The van der Waals surface area contributed by atoms with Gasteiger partial charge in [-0.25, -0.2) is 20.0 Å². The van der Waals surface area contributed by atoms with E-state index < -0.39 is 10.0 Å². The van der Waals surface area contributed by atoms with E-state index in [2.05, 4.69) is 28.7 Å². The van der Waals surface area contributed by atoms with E-state index in [0.717, 1.165) is 4.90 Å². The van der Waals surface area contributed by atoms with Crippen LogP contribution in [0.15, 0.2) is 29.7 Å². The summed E-state index contributed by atoms with van der Waals surface area (Å²) in [4.78, 5) is 21.1. The monoisotopic (exact) mass is 317 g/mol. The average molecular weight is 318 g/mol. The molecule has 19 heavy (non-hydrogen) atoms. The molecule has 0 fully saturated rings. The van der Waals surface area contributed by atoms with Crippen molar-refractivity contribution in [3.63, 3.8) is 0 Å². The van der Waals surface area contributed by atoms with Gasteiger partial charge in [0.1, 0.15) is 16.6 Å². The van der Waals surface area contributed by atoms with Crippen molar-refractivity contribution in [3.8, 4) is 0 Å². The second-order valence-corrected chi connectivity index (χ2v) is 9.56. The zero-order chi connectivity index (χ0) is 14.2. The molecule has 0 saturated carbocycles. The predicted octanol–water partition coefficient (Wildman–Crippen LogP) is 3.33. The SMILES string of the molecule is CS(C)(C)c1cc(C(=O)n2ccnc2)c(Cl)nc1Cl. The maximum absolute atomic E-state index is 12.3. The minimum atomic E-state index is -1.11. The Labute approximate surface area is 123 Å². The van der Waals surface area contributed by atoms with Crippen molar-refractivity contribution >= 4 is 39.1 Å². The summed E-state index contributed by atoms with van der Waals surface area (Å²) in [6.07, 6.45) is 10.8. The summed E-state index contributed by atoms with van der Waals surface area (Å²) in [7, 11) is -1.11. The van der Waals surface area contributed by atoms with Crippen molar-refractivity contribution in [2.45, 2.75) is 4.90 Å². The van der Waals surface area contributed by atoms with Crippen molar-refractivity contribution < 1.29 is 4.79 Å². The fourth-order valence-corrected chi connectivity index (χ4v) is 3.67. The van der Waals surface area contributed by atoms with E-state index in [9.17, 15) is 4.79 Å². The fraction of sp³-hybridized carbons (Fsp3) is 0.250. The van der Waals surface area contributed by atoms with Crippen LogP contribution >= 0.6 is 33.2 Å². The van der Waals surface area contributed by atoms with Gasteiger partial charge in [-0.3, -0.25) is 9.36 Å². The summed E-state index contributed by atoms with van der Waals surface area (Å²) in [6.45, 7) is 0. The molecule has 0 saturated heterocycles. The van der Waals surface area contributed by atoms with Crippen molar-refractivity contribution in [1.29, 1.82) is 0 Å². The van der Waals surface area contributed by atoms with E-state index in [-0.39, 0.29) is 11.1 Å². The lowest BCUT2D eigenvalue weighted by Gasteiger charge is -2.27. The summed E-state index contributed by atoms with van der Waals surface area (Å²) >= 11 is 12.1.